The van der Waals surface area contributed by atoms with E-state index >= 15 is 0 Å². The lowest BCUT2D eigenvalue weighted by Crippen LogP contribution is -2.37. The summed E-state index contributed by atoms with van der Waals surface area (Å²) in [5.74, 6) is -0.187. The Morgan fingerprint density at radius 2 is 1.86 bits per heavy atom. The number of halogens is 2. The lowest BCUT2D eigenvalue weighted by Gasteiger charge is -2.02. The minimum atomic E-state index is -0.477. The van der Waals surface area contributed by atoms with Crippen LogP contribution in [0.2, 0.25) is 0 Å². The number of benzene rings is 1. The third-order valence-corrected chi connectivity index (χ3v) is 3.78. The molecule has 21 heavy (non-hydrogen) atoms. The van der Waals surface area contributed by atoms with Crippen molar-refractivity contribution in [2.75, 3.05) is 0 Å². The highest BCUT2D eigenvalue weighted by Gasteiger charge is 2.18. The molecule has 5 nitrogen and oxygen atoms in total. The Bertz CT molecular complexity index is 712. The summed E-state index contributed by atoms with van der Waals surface area (Å²) in [6, 6.07) is 6.38. The minimum absolute atomic E-state index is 0.0405. The van der Waals surface area contributed by atoms with Crippen LogP contribution < -0.4 is 4.57 Å². The number of aromatic nitrogens is 1. The topological polar surface area (TPSA) is 64.1 Å². The molecule has 0 aliphatic carbocycles. The molecule has 2 rings (SSSR count). The highest BCUT2D eigenvalue weighted by atomic mass is 79.9. The smallest absolute Gasteiger partial charge is 0.273 e. The zero-order valence-corrected chi connectivity index (χ0v) is 14.2. The Balaban J connectivity index is 2.28. The quantitative estimate of drug-likeness (QED) is 0.332. The molecule has 7 heteroatoms. The van der Waals surface area contributed by atoms with Crippen LogP contribution in [0.1, 0.15) is 15.9 Å². The van der Waals surface area contributed by atoms with Crippen LogP contribution in [0.15, 0.2) is 45.6 Å². The second-order valence-corrected chi connectivity index (χ2v) is 6.36. The van der Waals surface area contributed by atoms with Crippen molar-refractivity contribution in [1.29, 1.82) is 0 Å². The molecule has 108 valence electrons. The van der Waals surface area contributed by atoms with E-state index < -0.39 is 4.92 Å². The Morgan fingerprint density at radius 3 is 2.43 bits per heavy atom. The fourth-order valence-electron chi connectivity index (χ4n) is 1.89. The molecular formula is C14H11Br2N2O3+. The largest absolute Gasteiger partial charge is 0.287 e. The van der Waals surface area contributed by atoms with Gasteiger partial charge in [-0.3, -0.25) is 14.9 Å². The molecule has 1 heterocycles. The first kappa shape index (κ1) is 15.8. The molecule has 0 amide bonds. The van der Waals surface area contributed by atoms with Gasteiger partial charge in [0, 0.05) is 17.2 Å². The van der Waals surface area contributed by atoms with Gasteiger partial charge in [0.15, 0.2) is 12.4 Å². The van der Waals surface area contributed by atoms with E-state index in [0.717, 1.165) is 8.95 Å². The van der Waals surface area contributed by atoms with Crippen molar-refractivity contribution >= 4 is 43.3 Å². The fourth-order valence-corrected chi connectivity index (χ4v) is 3.21. The van der Waals surface area contributed by atoms with Crippen molar-refractivity contribution < 1.29 is 14.3 Å². The molecule has 0 unspecified atom stereocenters. The number of carbonyl (C=O) groups is 1. The van der Waals surface area contributed by atoms with E-state index in [9.17, 15) is 14.9 Å². The summed E-state index contributed by atoms with van der Waals surface area (Å²) in [5, 5.41) is 10.9. The van der Waals surface area contributed by atoms with Gasteiger partial charge in [0.1, 0.15) is 0 Å². The van der Waals surface area contributed by atoms with Gasteiger partial charge < -0.3 is 0 Å². The van der Waals surface area contributed by atoms with E-state index in [2.05, 4.69) is 31.9 Å². The van der Waals surface area contributed by atoms with E-state index in [1.165, 1.54) is 6.07 Å². The van der Waals surface area contributed by atoms with Gasteiger partial charge in [-0.1, -0.05) is 12.1 Å². The molecule has 0 aliphatic heterocycles. The number of nitro benzene ring substituents is 1. The maximum Gasteiger partial charge on any atom is 0.273 e. The summed E-state index contributed by atoms with van der Waals surface area (Å²) in [6.45, 7) is 1.75. The summed E-state index contributed by atoms with van der Waals surface area (Å²) >= 11 is 6.70. The van der Waals surface area contributed by atoms with Crippen LogP contribution in [0, 0.1) is 17.0 Å². The standard InChI is InChI=1S/C14H11Br2N2O3/c1-9-2-3-10(4-13(9)18(20)21)14(19)8-17-6-11(15)5-12(16)7-17/h2-7H,8H2,1H3/q+1. The third-order valence-electron chi connectivity index (χ3n) is 2.91. The second kappa shape index (κ2) is 6.44. The predicted octanol–water partition coefficient (Wildman–Crippen LogP) is 3.60. The maximum absolute atomic E-state index is 12.2. The van der Waals surface area contributed by atoms with Gasteiger partial charge in [0.05, 0.1) is 13.9 Å². The molecule has 0 aliphatic rings. The minimum Gasteiger partial charge on any atom is -0.287 e. The van der Waals surface area contributed by atoms with Gasteiger partial charge in [-0.15, -0.1) is 0 Å². The average molecular weight is 415 g/mol. The number of Topliss-reactive ketones (excluding diaryl/α,β-unsaturated/α-hetero) is 1. The molecule has 0 saturated heterocycles. The average Bonchev–Trinajstić information content (AvgIpc) is 2.37. The first-order chi connectivity index (χ1) is 9.86. The lowest BCUT2D eigenvalue weighted by atomic mass is 10.1. The molecule has 1 aromatic heterocycles. The number of rotatable bonds is 4. The second-order valence-electron chi connectivity index (χ2n) is 4.53. The Kier molecular flexibility index (Phi) is 4.84. The number of carbonyl (C=O) groups excluding carboxylic acids is 1. The predicted molar refractivity (Wildman–Crippen MR) is 84.2 cm³/mol. The molecule has 1 aromatic carbocycles. The van der Waals surface area contributed by atoms with Crippen molar-refractivity contribution in [3.63, 3.8) is 0 Å². The van der Waals surface area contributed by atoms with Crippen LogP contribution in [0.3, 0.4) is 0 Å². The molecule has 2 aromatic rings. The summed E-state index contributed by atoms with van der Waals surface area (Å²) < 4.78 is 3.38. The highest BCUT2D eigenvalue weighted by Crippen LogP contribution is 2.20. The molecule has 0 spiro atoms. The Hall–Kier alpha value is -1.60. The summed E-state index contributed by atoms with van der Waals surface area (Å²) in [5.41, 5.74) is 0.826. The molecule has 0 atom stereocenters. The number of pyridine rings is 1. The molecule has 0 saturated carbocycles. The number of hydrogen-bond acceptors (Lipinski definition) is 3. The van der Waals surface area contributed by atoms with Crippen LogP contribution in [0.25, 0.3) is 0 Å². The van der Waals surface area contributed by atoms with Gasteiger partial charge in [-0.05, 0) is 44.8 Å². The Labute approximate surface area is 138 Å². The monoisotopic (exact) mass is 413 g/mol. The van der Waals surface area contributed by atoms with Crippen LogP contribution in [0.4, 0.5) is 5.69 Å². The van der Waals surface area contributed by atoms with Crippen molar-refractivity contribution in [2.24, 2.45) is 0 Å². The van der Waals surface area contributed by atoms with Gasteiger partial charge in [-0.25, -0.2) is 0 Å². The van der Waals surface area contributed by atoms with Crippen LogP contribution in [0.5, 0.6) is 0 Å². The van der Waals surface area contributed by atoms with Gasteiger partial charge in [-0.2, -0.15) is 4.57 Å². The summed E-state index contributed by atoms with van der Waals surface area (Å²) in [7, 11) is 0. The van der Waals surface area contributed by atoms with Crippen molar-refractivity contribution in [2.45, 2.75) is 13.5 Å². The number of nitrogens with zero attached hydrogens (tertiary/aromatic N) is 2. The Morgan fingerprint density at radius 1 is 1.24 bits per heavy atom. The van der Waals surface area contributed by atoms with E-state index in [1.807, 2.05) is 6.07 Å². The number of ketones is 1. The molecular weight excluding hydrogens is 404 g/mol. The number of hydrogen-bond donors (Lipinski definition) is 0. The van der Waals surface area contributed by atoms with Gasteiger partial charge in [0.25, 0.3) is 5.69 Å². The highest BCUT2D eigenvalue weighted by molar-refractivity contribution is 9.11. The van der Waals surface area contributed by atoms with Crippen molar-refractivity contribution in [3.05, 3.63) is 66.8 Å². The molecule has 0 fully saturated rings. The van der Waals surface area contributed by atoms with Gasteiger partial charge >= 0.3 is 0 Å². The molecule has 0 radical (unpaired) electrons. The summed E-state index contributed by atoms with van der Waals surface area (Å²) in [6.07, 6.45) is 3.54. The fraction of sp³-hybridized carbons (Fsp3) is 0.143. The van der Waals surface area contributed by atoms with E-state index in [0.29, 0.717) is 11.1 Å². The van der Waals surface area contributed by atoms with Crippen LogP contribution in [-0.4, -0.2) is 10.7 Å². The third kappa shape index (κ3) is 3.95. The zero-order valence-electron chi connectivity index (χ0n) is 11.0. The van der Waals surface area contributed by atoms with Crippen molar-refractivity contribution in [1.82, 2.24) is 0 Å². The number of aryl methyl sites for hydroxylation is 1. The normalized spacial score (nSPS) is 10.4. The first-order valence-electron chi connectivity index (χ1n) is 6.00. The van der Waals surface area contributed by atoms with Crippen LogP contribution in [-0.2, 0) is 6.54 Å². The van der Waals surface area contributed by atoms with Crippen LogP contribution >= 0.6 is 31.9 Å². The zero-order chi connectivity index (χ0) is 15.6. The van der Waals surface area contributed by atoms with E-state index in [4.69, 9.17) is 0 Å². The molecule has 0 N–H and O–H groups in total. The SMILES string of the molecule is Cc1ccc(C(=O)C[n+]2cc(Br)cc(Br)c2)cc1[N+](=O)[O-]. The van der Waals surface area contributed by atoms with E-state index in [-0.39, 0.29) is 18.0 Å². The summed E-state index contributed by atoms with van der Waals surface area (Å²) in [4.78, 5) is 22.7. The lowest BCUT2D eigenvalue weighted by molar-refractivity contribution is -0.684. The van der Waals surface area contributed by atoms with E-state index in [1.54, 1.807) is 36.0 Å². The first-order valence-corrected chi connectivity index (χ1v) is 7.59. The van der Waals surface area contributed by atoms with Crippen molar-refractivity contribution in [3.8, 4) is 0 Å². The van der Waals surface area contributed by atoms with Gasteiger partial charge in [0.2, 0.25) is 12.3 Å². The maximum atomic E-state index is 12.2. The molecule has 0 bridgehead atoms. The number of nitro groups is 1.